The number of hydrogen-bond acceptors (Lipinski definition) is 7. The molecule has 2 aromatic heterocycles. The van der Waals surface area contributed by atoms with Crippen LogP contribution in [0.15, 0.2) is 59.0 Å². The Hall–Kier alpha value is -3.85. The molecule has 0 saturated heterocycles. The van der Waals surface area contributed by atoms with Crippen molar-refractivity contribution in [2.45, 2.75) is 6.54 Å². The number of aromatic nitrogens is 1. The van der Waals surface area contributed by atoms with Gasteiger partial charge in [0, 0.05) is 11.6 Å². The first-order valence-corrected chi connectivity index (χ1v) is 10.6. The smallest absolute Gasteiger partial charge is 0.251 e. The molecule has 0 atom stereocenters. The SMILES string of the molecule is COc1cc(OC)cc(C(=O)NCC(=O)NCc2ccc(-c3nc4ccccc4s3)o2)c1. The Morgan fingerprint density at radius 2 is 1.75 bits per heavy atom. The molecule has 4 rings (SSSR count). The highest BCUT2D eigenvalue weighted by Crippen LogP contribution is 2.31. The van der Waals surface area contributed by atoms with E-state index in [-0.39, 0.29) is 19.0 Å². The van der Waals surface area contributed by atoms with Gasteiger partial charge < -0.3 is 24.5 Å². The van der Waals surface area contributed by atoms with E-state index >= 15 is 0 Å². The monoisotopic (exact) mass is 451 g/mol. The minimum absolute atomic E-state index is 0.177. The highest BCUT2D eigenvalue weighted by Gasteiger charge is 2.13. The van der Waals surface area contributed by atoms with Crippen molar-refractivity contribution in [3.63, 3.8) is 0 Å². The van der Waals surface area contributed by atoms with Gasteiger partial charge in [0.15, 0.2) is 10.8 Å². The van der Waals surface area contributed by atoms with E-state index in [2.05, 4.69) is 15.6 Å². The topological polar surface area (TPSA) is 103 Å². The molecule has 0 radical (unpaired) electrons. The number of rotatable bonds is 8. The molecule has 2 heterocycles. The molecule has 0 spiro atoms. The lowest BCUT2D eigenvalue weighted by molar-refractivity contribution is -0.120. The Morgan fingerprint density at radius 1 is 1.00 bits per heavy atom. The zero-order chi connectivity index (χ0) is 22.5. The molecule has 0 bridgehead atoms. The van der Waals surface area contributed by atoms with Crippen LogP contribution in [0, 0.1) is 0 Å². The number of thiazole rings is 1. The van der Waals surface area contributed by atoms with Gasteiger partial charge >= 0.3 is 0 Å². The number of hydrogen-bond donors (Lipinski definition) is 2. The third-order valence-electron chi connectivity index (χ3n) is 4.65. The fourth-order valence-electron chi connectivity index (χ4n) is 3.01. The minimum Gasteiger partial charge on any atom is -0.497 e. The van der Waals surface area contributed by atoms with Crippen LogP contribution in [0.2, 0.25) is 0 Å². The molecule has 164 valence electrons. The van der Waals surface area contributed by atoms with E-state index in [0.717, 1.165) is 15.2 Å². The quantitative estimate of drug-likeness (QED) is 0.424. The van der Waals surface area contributed by atoms with E-state index in [0.29, 0.717) is 28.6 Å². The van der Waals surface area contributed by atoms with Crippen LogP contribution in [0.3, 0.4) is 0 Å². The fourth-order valence-corrected chi connectivity index (χ4v) is 3.94. The Kier molecular flexibility index (Phi) is 6.37. The molecule has 2 N–H and O–H groups in total. The number of para-hydroxylation sites is 1. The lowest BCUT2D eigenvalue weighted by Crippen LogP contribution is -2.36. The van der Waals surface area contributed by atoms with Crippen LogP contribution in [0.1, 0.15) is 16.1 Å². The summed E-state index contributed by atoms with van der Waals surface area (Å²) in [6, 6.07) is 16.3. The van der Waals surface area contributed by atoms with Crippen molar-refractivity contribution in [3.05, 3.63) is 65.9 Å². The number of nitrogens with zero attached hydrogens (tertiary/aromatic N) is 1. The first-order valence-electron chi connectivity index (χ1n) is 9.78. The highest BCUT2D eigenvalue weighted by atomic mass is 32.1. The van der Waals surface area contributed by atoms with Crippen molar-refractivity contribution in [2.24, 2.45) is 0 Å². The number of benzene rings is 2. The molecular formula is C23H21N3O5S. The third-order valence-corrected chi connectivity index (χ3v) is 5.70. The van der Waals surface area contributed by atoms with Gasteiger partial charge in [0.05, 0.1) is 37.5 Å². The van der Waals surface area contributed by atoms with Gasteiger partial charge in [0.25, 0.3) is 5.91 Å². The van der Waals surface area contributed by atoms with Crippen molar-refractivity contribution in [1.29, 1.82) is 0 Å². The second-order valence-electron chi connectivity index (χ2n) is 6.81. The molecule has 0 saturated carbocycles. The standard InChI is InChI=1S/C23H21N3O5S/c1-29-16-9-14(10-17(11-16)30-2)22(28)25-13-21(27)24-12-15-7-8-19(31-15)23-26-18-5-3-4-6-20(18)32-23/h3-11H,12-13H2,1-2H3,(H,24,27)(H,25,28). The predicted molar refractivity (Wildman–Crippen MR) is 121 cm³/mol. The van der Waals surface area contributed by atoms with Gasteiger partial charge in [-0.05, 0) is 36.4 Å². The third kappa shape index (κ3) is 4.89. The van der Waals surface area contributed by atoms with Crippen LogP contribution in [0.25, 0.3) is 21.0 Å². The van der Waals surface area contributed by atoms with E-state index in [1.165, 1.54) is 14.2 Å². The summed E-state index contributed by atoms with van der Waals surface area (Å²) in [5.74, 6) is 1.47. The Balaban J connectivity index is 1.30. The number of ether oxygens (including phenoxy) is 2. The summed E-state index contributed by atoms with van der Waals surface area (Å²) >= 11 is 1.54. The summed E-state index contributed by atoms with van der Waals surface area (Å²) in [6.45, 7) is 0.0242. The Labute approximate surface area is 188 Å². The van der Waals surface area contributed by atoms with Gasteiger partial charge in [-0.2, -0.15) is 0 Å². The van der Waals surface area contributed by atoms with Crippen molar-refractivity contribution in [1.82, 2.24) is 15.6 Å². The molecule has 0 unspecified atom stereocenters. The van der Waals surface area contributed by atoms with Gasteiger partial charge in [0.1, 0.15) is 17.3 Å². The summed E-state index contributed by atoms with van der Waals surface area (Å²) in [5.41, 5.74) is 1.25. The molecule has 9 heteroatoms. The molecule has 0 aliphatic heterocycles. The van der Waals surface area contributed by atoms with E-state index in [4.69, 9.17) is 13.9 Å². The number of carbonyl (C=O) groups excluding carboxylic acids is 2. The summed E-state index contributed by atoms with van der Waals surface area (Å²) < 4.78 is 17.2. The van der Waals surface area contributed by atoms with Crippen molar-refractivity contribution >= 4 is 33.4 Å². The van der Waals surface area contributed by atoms with Crippen LogP contribution in [0.5, 0.6) is 11.5 Å². The summed E-state index contributed by atoms with van der Waals surface area (Å²) in [4.78, 5) is 29.1. The molecule has 0 fully saturated rings. The zero-order valence-corrected chi connectivity index (χ0v) is 18.3. The molecule has 8 nitrogen and oxygen atoms in total. The van der Waals surface area contributed by atoms with Crippen LogP contribution in [-0.2, 0) is 11.3 Å². The van der Waals surface area contributed by atoms with Gasteiger partial charge in [-0.1, -0.05) is 12.1 Å². The normalized spacial score (nSPS) is 10.7. The maximum atomic E-state index is 12.4. The van der Waals surface area contributed by atoms with E-state index < -0.39 is 5.91 Å². The number of carbonyl (C=O) groups is 2. The van der Waals surface area contributed by atoms with Crippen LogP contribution < -0.4 is 20.1 Å². The van der Waals surface area contributed by atoms with Gasteiger partial charge in [0.2, 0.25) is 5.91 Å². The van der Waals surface area contributed by atoms with Crippen LogP contribution in [-0.4, -0.2) is 37.6 Å². The van der Waals surface area contributed by atoms with E-state index in [9.17, 15) is 9.59 Å². The minimum atomic E-state index is -0.409. The Bertz CT molecular complexity index is 1210. The Morgan fingerprint density at radius 3 is 2.47 bits per heavy atom. The highest BCUT2D eigenvalue weighted by molar-refractivity contribution is 7.21. The van der Waals surface area contributed by atoms with Gasteiger partial charge in [-0.25, -0.2) is 4.98 Å². The zero-order valence-electron chi connectivity index (χ0n) is 17.5. The second kappa shape index (κ2) is 9.52. The number of nitrogens with one attached hydrogen (secondary N) is 2. The molecule has 32 heavy (non-hydrogen) atoms. The average molecular weight is 452 g/mol. The molecule has 0 aliphatic rings. The van der Waals surface area contributed by atoms with Crippen molar-refractivity contribution in [2.75, 3.05) is 20.8 Å². The second-order valence-corrected chi connectivity index (χ2v) is 7.84. The fraction of sp³-hybridized carbons (Fsp3) is 0.174. The molecule has 2 aromatic carbocycles. The number of fused-ring (bicyclic) bond motifs is 1. The summed E-state index contributed by atoms with van der Waals surface area (Å²) in [7, 11) is 3.00. The molecule has 2 amide bonds. The molecular weight excluding hydrogens is 430 g/mol. The summed E-state index contributed by atoms with van der Waals surface area (Å²) in [6.07, 6.45) is 0. The average Bonchev–Trinajstić information content (AvgIpc) is 3.47. The van der Waals surface area contributed by atoms with Crippen LogP contribution in [0.4, 0.5) is 0 Å². The lowest BCUT2D eigenvalue weighted by Gasteiger charge is -2.09. The molecule has 0 aliphatic carbocycles. The first-order chi connectivity index (χ1) is 15.6. The number of amides is 2. The number of methoxy groups -OCH3 is 2. The van der Waals surface area contributed by atoms with Crippen molar-refractivity contribution in [3.8, 4) is 22.3 Å². The van der Waals surface area contributed by atoms with Crippen molar-refractivity contribution < 1.29 is 23.5 Å². The first kappa shape index (κ1) is 21.4. The lowest BCUT2D eigenvalue weighted by atomic mass is 10.2. The largest absolute Gasteiger partial charge is 0.497 e. The molecule has 4 aromatic rings. The van der Waals surface area contributed by atoms with Crippen LogP contribution >= 0.6 is 11.3 Å². The maximum Gasteiger partial charge on any atom is 0.251 e. The van der Waals surface area contributed by atoms with Gasteiger partial charge in [-0.15, -0.1) is 11.3 Å². The summed E-state index contributed by atoms with van der Waals surface area (Å²) in [5, 5.41) is 6.09. The van der Waals surface area contributed by atoms with Gasteiger partial charge in [-0.3, -0.25) is 9.59 Å². The number of furan rings is 1. The van der Waals surface area contributed by atoms with E-state index in [1.54, 1.807) is 35.6 Å². The van der Waals surface area contributed by atoms with E-state index in [1.807, 2.05) is 30.3 Å². The predicted octanol–water partition coefficient (Wildman–Crippen LogP) is 3.62. The maximum absolute atomic E-state index is 12.4.